The predicted molar refractivity (Wildman–Crippen MR) is 133 cm³/mol. The summed E-state index contributed by atoms with van der Waals surface area (Å²) < 4.78 is 5.59. The first-order chi connectivity index (χ1) is 16.8. The number of benzene rings is 3. The molecule has 4 rings (SSSR count). The van der Waals surface area contributed by atoms with Gasteiger partial charge in [-0.1, -0.05) is 74.5 Å². The number of carbonyl (C=O) groups is 3. The van der Waals surface area contributed by atoms with Crippen LogP contribution in [0.25, 0.3) is 11.1 Å². The van der Waals surface area contributed by atoms with Gasteiger partial charge in [-0.25, -0.2) is 4.79 Å². The zero-order chi connectivity index (χ0) is 24.9. The molecule has 0 aliphatic heterocycles. The number of hydrogen-bond acceptors (Lipinski definition) is 4. The van der Waals surface area contributed by atoms with Crippen molar-refractivity contribution in [3.8, 4) is 11.1 Å². The Kier molecular flexibility index (Phi) is 7.15. The van der Waals surface area contributed by atoms with E-state index in [0.717, 1.165) is 22.3 Å². The molecule has 3 N–H and O–H groups in total. The van der Waals surface area contributed by atoms with Crippen LogP contribution in [0.1, 0.15) is 47.7 Å². The molecule has 1 unspecified atom stereocenters. The van der Waals surface area contributed by atoms with Gasteiger partial charge in [0.15, 0.2) is 0 Å². The zero-order valence-corrected chi connectivity index (χ0v) is 19.7. The molecule has 3 aromatic carbocycles. The van der Waals surface area contributed by atoms with E-state index in [2.05, 4.69) is 22.8 Å². The Bertz CT molecular complexity index is 1210. The van der Waals surface area contributed by atoms with E-state index in [1.807, 2.05) is 50.2 Å². The monoisotopic (exact) mass is 472 g/mol. The number of carboxylic acids is 1. The van der Waals surface area contributed by atoms with E-state index in [1.165, 1.54) is 0 Å². The number of aliphatic carboxylic acids is 1. The van der Waals surface area contributed by atoms with Crippen LogP contribution in [0.15, 0.2) is 72.8 Å². The maximum Gasteiger partial charge on any atom is 0.411 e. The number of hydrogen-bond donors (Lipinski definition) is 3. The molecule has 0 spiro atoms. The summed E-state index contributed by atoms with van der Waals surface area (Å²) in [5, 5.41) is 14.6. The highest BCUT2D eigenvalue weighted by Crippen LogP contribution is 2.44. The predicted octanol–water partition coefficient (Wildman–Crippen LogP) is 5.28. The summed E-state index contributed by atoms with van der Waals surface area (Å²) in [5.41, 5.74) is 5.02. The van der Waals surface area contributed by atoms with Crippen molar-refractivity contribution in [1.82, 2.24) is 5.32 Å². The summed E-state index contributed by atoms with van der Waals surface area (Å²) >= 11 is 0. The van der Waals surface area contributed by atoms with Gasteiger partial charge in [-0.3, -0.25) is 14.9 Å². The third-order valence-electron chi connectivity index (χ3n) is 6.27. The fourth-order valence-corrected chi connectivity index (χ4v) is 4.42. The van der Waals surface area contributed by atoms with E-state index in [1.54, 1.807) is 24.3 Å². The first-order valence-corrected chi connectivity index (χ1v) is 11.6. The fraction of sp³-hybridized carbons (Fsp3) is 0.250. The second-order valence-corrected chi connectivity index (χ2v) is 8.92. The third-order valence-corrected chi connectivity index (χ3v) is 6.27. The van der Waals surface area contributed by atoms with Gasteiger partial charge in [0, 0.05) is 12.0 Å². The van der Waals surface area contributed by atoms with Crippen molar-refractivity contribution in [3.63, 3.8) is 0 Å². The van der Waals surface area contributed by atoms with E-state index >= 15 is 0 Å². The summed E-state index contributed by atoms with van der Waals surface area (Å²) in [6, 6.07) is 22.2. The van der Waals surface area contributed by atoms with E-state index in [-0.39, 0.29) is 30.4 Å². The number of para-hydroxylation sites is 1. The molecule has 0 heterocycles. The number of carbonyl (C=O) groups excluding carboxylic acids is 2. The molecule has 1 aliphatic rings. The van der Waals surface area contributed by atoms with E-state index in [0.29, 0.717) is 5.69 Å². The summed E-state index contributed by atoms with van der Waals surface area (Å²) in [7, 11) is 0. The molecular formula is C28H28N2O5. The van der Waals surface area contributed by atoms with Crippen LogP contribution in [0, 0.1) is 5.92 Å². The van der Waals surface area contributed by atoms with Crippen LogP contribution < -0.4 is 10.6 Å². The molecular weight excluding hydrogens is 444 g/mol. The quantitative estimate of drug-likeness (QED) is 0.414. The Balaban J connectivity index is 1.44. The summed E-state index contributed by atoms with van der Waals surface area (Å²) in [6.45, 7) is 3.84. The smallest absolute Gasteiger partial charge is 0.411 e. The van der Waals surface area contributed by atoms with Crippen molar-refractivity contribution in [2.45, 2.75) is 32.2 Å². The van der Waals surface area contributed by atoms with E-state index in [9.17, 15) is 14.4 Å². The van der Waals surface area contributed by atoms with Crippen molar-refractivity contribution in [2.24, 2.45) is 5.92 Å². The Morgan fingerprint density at radius 3 is 2.06 bits per heavy atom. The Morgan fingerprint density at radius 2 is 1.46 bits per heavy atom. The molecule has 35 heavy (non-hydrogen) atoms. The number of ether oxygens (including phenoxy) is 1. The summed E-state index contributed by atoms with van der Waals surface area (Å²) in [6.07, 6.45) is -0.858. The van der Waals surface area contributed by atoms with Gasteiger partial charge in [0.05, 0.1) is 17.7 Å². The first kappa shape index (κ1) is 24.0. The van der Waals surface area contributed by atoms with Crippen LogP contribution in [0.4, 0.5) is 10.5 Å². The lowest BCUT2D eigenvalue weighted by atomic mass is 9.98. The molecule has 0 saturated carbocycles. The second kappa shape index (κ2) is 10.4. The van der Waals surface area contributed by atoms with Crippen molar-refractivity contribution in [3.05, 3.63) is 89.5 Å². The lowest BCUT2D eigenvalue weighted by molar-refractivity contribution is -0.137. The number of carboxylic acid groups (broad SMARTS) is 1. The van der Waals surface area contributed by atoms with Gasteiger partial charge in [-0.2, -0.15) is 0 Å². The van der Waals surface area contributed by atoms with Crippen LogP contribution in [-0.4, -0.2) is 35.7 Å². The molecule has 7 nitrogen and oxygen atoms in total. The van der Waals surface area contributed by atoms with Gasteiger partial charge in [0.25, 0.3) is 5.91 Å². The first-order valence-electron chi connectivity index (χ1n) is 11.6. The largest absolute Gasteiger partial charge is 0.481 e. The molecule has 0 saturated heterocycles. The van der Waals surface area contributed by atoms with Crippen molar-refractivity contribution in [2.75, 3.05) is 11.9 Å². The molecule has 180 valence electrons. The number of amides is 2. The highest BCUT2D eigenvalue weighted by Gasteiger charge is 2.29. The maximum absolute atomic E-state index is 12.9. The molecule has 0 radical (unpaired) electrons. The topological polar surface area (TPSA) is 105 Å². The second-order valence-electron chi connectivity index (χ2n) is 8.92. The average molecular weight is 473 g/mol. The van der Waals surface area contributed by atoms with Gasteiger partial charge in [-0.05, 0) is 40.3 Å². The minimum Gasteiger partial charge on any atom is -0.481 e. The normalized spacial score (nSPS) is 13.0. The van der Waals surface area contributed by atoms with Crippen molar-refractivity contribution < 1.29 is 24.2 Å². The minimum absolute atomic E-state index is 0.0719. The molecule has 0 aromatic heterocycles. The number of anilines is 1. The van der Waals surface area contributed by atoms with Crippen LogP contribution >= 0.6 is 0 Å². The molecule has 0 bridgehead atoms. The van der Waals surface area contributed by atoms with Gasteiger partial charge < -0.3 is 15.2 Å². The lowest BCUT2D eigenvalue weighted by Crippen LogP contribution is -2.40. The van der Waals surface area contributed by atoms with Crippen LogP contribution in [0.3, 0.4) is 0 Å². The zero-order valence-electron chi connectivity index (χ0n) is 19.7. The SMILES string of the molecule is CC(C)C(CC(=O)O)NC(=O)c1ccccc1NC(=O)OCC1c2ccccc2-c2ccccc21. The Labute approximate surface area is 204 Å². The van der Waals surface area contributed by atoms with E-state index in [4.69, 9.17) is 9.84 Å². The Hall–Kier alpha value is -4.13. The Morgan fingerprint density at radius 1 is 0.886 bits per heavy atom. The molecule has 3 aromatic rings. The van der Waals surface area contributed by atoms with Crippen molar-refractivity contribution >= 4 is 23.7 Å². The fourth-order valence-electron chi connectivity index (χ4n) is 4.42. The maximum atomic E-state index is 12.9. The molecule has 7 heteroatoms. The summed E-state index contributed by atoms with van der Waals surface area (Å²) in [4.78, 5) is 36.7. The van der Waals surface area contributed by atoms with Gasteiger partial charge in [0.1, 0.15) is 6.61 Å². The molecule has 1 atom stereocenters. The van der Waals surface area contributed by atoms with Crippen molar-refractivity contribution in [1.29, 1.82) is 0 Å². The van der Waals surface area contributed by atoms with Gasteiger partial charge in [-0.15, -0.1) is 0 Å². The van der Waals surface area contributed by atoms with E-state index < -0.39 is 24.0 Å². The molecule has 0 fully saturated rings. The standard InChI is InChI=1S/C28H28N2O5/c1-17(2)25(15-26(31)32)29-27(33)22-13-7-8-14-24(22)30-28(34)35-16-23-20-11-5-3-9-18(20)19-10-4-6-12-21(19)23/h3-14,17,23,25H,15-16H2,1-2H3,(H,29,33)(H,30,34)(H,31,32). The van der Waals surface area contributed by atoms with Crippen LogP contribution in [0.5, 0.6) is 0 Å². The van der Waals surface area contributed by atoms with Gasteiger partial charge >= 0.3 is 12.1 Å². The minimum atomic E-state index is -0.992. The average Bonchev–Trinajstić information content (AvgIpc) is 3.16. The summed E-state index contributed by atoms with van der Waals surface area (Å²) in [5.74, 6) is -1.60. The third kappa shape index (κ3) is 5.35. The highest BCUT2D eigenvalue weighted by molar-refractivity contribution is 6.02. The number of nitrogens with one attached hydrogen (secondary N) is 2. The van der Waals surface area contributed by atoms with Crippen LogP contribution in [0.2, 0.25) is 0 Å². The van der Waals surface area contributed by atoms with Crippen LogP contribution in [-0.2, 0) is 9.53 Å². The number of fused-ring (bicyclic) bond motifs is 3. The lowest BCUT2D eigenvalue weighted by Gasteiger charge is -2.21. The van der Waals surface area contributed by atoms with Gasteiger partial charge in [0.2, 0.25) is 0 Å². The molecule has 2 amide bonds. The highest BCUT2D eigenvalue weighted by atomic mass is 16.5. The number of rotatable bonds is 8. The molecule has 1 aliphatic carbocycles.